The van der Waals surface area contributed by atoms with Gasteiger partial charge in [0.2, 0.25) is 0 Å². The van der Waals surface area contributed by atoms with Crippen LogP contribution in [0.2, 0.25) is 0 Å². The second-order valence-corrected chi connectivity index (χ2v) is 7.24. The Morgan fingerprint density at radius 2 is 2.00 bits per heavy atom. The number of fused-ring (bicyclic) bond motifs is 1. The lowest BCUT2D eigenvalue weighted by Crippen LogP contribution is -2.47. The number of nitrogens with zero attached hydrogens (tertiary/aromatic N) is 2. The molecule has 2 unspecified atom stereocenters. The molecule has 2 heterocycles. The number of likely N-dealkylation sites (N-methyl/N-ethyl adjacent to an activating group) is 1. The zero-order valence-corrected chi connectivity index (χ0v) is 15.5. The lowest BCUT2D eigenvalue weighted by Gasteiger charge is -2.29. The summed E-state index contributed by atoms with van der Waals surface area (Å²) in [5.74, 6) is 0.819. The summed E-state index contributed by atoms with van der Waals surface area (Å²) in [6.07, 6.45) is 0.927. The lowest BCUT2D eigenvalue weighted by atomic mass is 10.0. The Morgan fingerprint density at radius 3 is 2.81 bits per heavy atom. The van der Waals surface area contributed by atoms with Crippen LogP contribution in [0.25, 0.3) is 0 Å². The van der Waals surface area contributed by atoms with Crippen molar-refractivity contribution in [1.82, 2.24) is 15.1 Å². The molecule has 0 radical (unpaired) electrons. The highest BCUT2D eigenvalue weighted by Crippen LogP contribution is 2.31. The van der Waals surface area contributed by atoms with E-state index in [0.29, 0.717) is 25.4 Å². The van der Waals surface area contributed by atoms with Gasteiger partial charge in [-0.1, -0.05) is 30.3 Å². The van der Waals surface area contributed by atoms with Crippen molar-refractivity contribution in [2.24, 2.45) is 0 Å². The van der Waals surface area contributed by atoms with Gasteiger partial charge in [0.05, 0.1) is 25.2 Å². The Kier molecular flexibility index (Phi) is 4.90. The minimum Gasteiger partial charge on any atom is -0.508 e. The average Bonchev–Trinajstić information content (AvgIpc) is 2.89. The molecule has 1 saturated heterocycles. The van der Waals surface area contributed by atoms with E-state index in [4.69, 9.17) is 4.74 Å². The highest BCUT2D eigenvalue weighted by Gasteiger charge is 2.35. The molecule has 0 aromatic heterocycles. The van der Waals surface area contributed by atoms with Gasteiger partial charge < -0.3 is 20.1 Å². The largest absolute Gasteiger partial charge is 0.508 e. The standard InChI is InChI=1S/C21H25N3O3/c1-23-10-9-18(20(23)15-5-3-2-4-6-15)22-21(26)24-11-12-27-19-13-17(25)8-7-16(19)14-24/h2-8,13,18,20,25H,9-12,14H2,1H3,(H,22,26). The van der Waals surface area contributed by atoms with E-state index in [1.165, 1.54) is 5.56 Å². The molecule has 6 nitrogen and oxygen atoms in total. The summed E-state index contributed by atoms with van der Waals surface area (Å²) in [5.41, 5.74) is 2.13. The van der Waals surface area contributed by atoms with Crippen LogP contribution in [0.1, 0.15) is 23.6 Å². The summed E-state index contributed by atoms with van der Waals surface area (Å²) < 4.78 is 5.70. The number of amides is 2. The topological polar surface area (TPSA) is 65.0 Å². The second-order valence-electron chi connectivity index (χ2n) is 7.24. The summed E-state index contributed by atoms with van der Waals surface area (Å²) in [6, 6.07) is 15.6. The summed E-state index contributed by atoms with van der Waals surface area (Å²) in [4.78, 5) is 17.0. The fraction of sp³-hybridized carbons (Fsp3) is 0.381. The van der Waals surface area contributed by atoms with Gasteiger partial charge >= 0.3 is 6.03 Å². The summed E-state index contributed by atoms with van der Waals surface area (Å²) in [5, 5.41) is 12.9. The van der Waals surface area contributed by atoms with E-state index in [2.05, 4.69) is 29.4 Å². The van der Waals surface area contributed by atoms with Crippen LogP contribution in [0.3, 0.4) is 0 Å². The summed E-state index contributed by atoms with van der Waals surface area (Å²) >= 11 is 0. The van der Waals surface area contributed by atoms with Crippen LogP contribution >= 0.6 is 0 Å². The van der Waals surface area contributed by atoms with Gasteiger partial charge in [-0.25, -0.2) is 4.79 Å². The first-order valence-corrected chi connectivity index (χ1v) is 9.37. The highest BCUT2D eigenvalue weighted by atomic mass is 16.5. The number of benzene rings is 2. The smallest absolute Gasteiger partial charge is 0.318 e. The highest BCUT2D eigenvalue weighted by molar-refractivity contribution is 5.75. The van der Waals surface area contributed by atoms with Gasteiger partial charge in [-0.3, -0.25) is 4.90 Å². The number of phenolic OH excluding ortho intramolecular Hbond substituents is 1. The Morgan fingerprint density at radius 1 is 1.19 bits per heavy atom. The lowest BCUT2D eigenvalue weighted by molar-refractivity contribution is 0.180. The van der Waals surface area contributed by atoms with E-state index in [1.807, 2.05) is 24.3 Å². The quantitative estimate of drug-likeness (QED) is 0.857. The number of carbonyl (C=O) groups is 1. The average molecular weight is 367 g/mol. The summed E-state index contributed by atoms with van der Waals surface area (Å²) in [7, 11) is 2.10. The van der Waals surface area contributed by atoms with Crippen LogP contribution < -0.4 is 10.1 Å². The van der Waals surface area contributed by atoms with E-state index in [0.717, 1.165) is 18.5 Å². The van der Waals surface area contributed by atoms with E-state index in [-0.39, 0.29) is 23.9 Å². The number of likely N-dealkylation sites (tertiary alicyclic amines) is 1. The van der Waals surface area contributed by atoms with Crippen LogP contribution in [0, 0.1) is 0 Å². The van der Waals surface area contributed by atoms with Gasteiger partial charge in [0.1, 0.15) is 18.1 Å². The molecule has 2 atom stereocenters. The van der Waals surface area contributed by atoms with Crippen LogP contribution in [-0.4, -0.2) is 53.7 Å². The van der Waals surface area contributed by atoms with Crippen molar-refractivity contribution in [3.05, 3.63) is 59.7 Å². The predicted octanol–water partition coefficient (Wildman–Crippen LogP) is 2.74. The first-order chi connectivity index (χ1) is 13.1. The van der Waals surface area contributed by atoms with Gasteiger partial charge in [-0.15, -0.1) is 0 Å². The molecular formula is C21H25N3O3. The number of hydrogen-bond acceptors (Lipinski definition) is 4. The van der Waals surface area contributed by atoms with Gasteiger partial charge in [-0.2, -0.15) is 0 Å². The molecule has 2 aromatic rings. The Labute approximate surface area is 159 Å². The number of phenols is 1. The van der Waals surface area contributed by atoms with Gasteiger partial charge in [0, 0.05) is 18.2 Å². The molecule has 0 aliphatic carbocycles. The predicted molar refractivity (Wildman–Crippen MR) is 103 cm³/mol. The monoisotopic (exact) mass is 367 g/mol. The number of hydrogen-bond donors (Lipinski definition) is 2. The van der Waals surface area contributed by atoms with E-state index in [1.54, 1.807) is 17.0 Å². The molecule has 27 heavy (non-hydrogen) atoms. The molecule has 2 aromatic carbocycles. The Balaban J connectivity index is 1.47. The maximum absolute atomic E-state index is 13.0. The summed E-state index contributed by atoms with van der Waals surface area (Å²) in [6.45, 7) is 2.35. The van der Waals surface area contributed by atoms with Crippen molar-refractivity contribution in [2.75, 3.05) is 26.7 Å². The maximum Gasteiger partial charge on any atom is 0.318 e. The molecule has 0 bridgehead atoms. The fourth-order valence-corrected chi connectivity index (χ4v) is 4.02. The number of nitrogens with one attached hydrogen (secondary N) is 1. The first kappa shape index (κ1) is 17.7. The number of aromatic hydroxyl groups is 1. The van der Waals surface area contributed by atoms with Crippen molar-refractivity contribution < 1.29 is 14.6 Å². The van der Waals surface area contributed by atoms with Crippen LogP contribution in [0.5, 0.6) is 11.5 Å². The molecule has 142 valence electrons. The third-order valence-electron chi connectivity index (χ3n) is 5.42. The third-order valence-corrected chi connectivity index (χ3v) is 5.42. The van der Waals surface area contributed by atoms with E-state index >= 15 is 0 Å². The van der Waals surface area contributed by atoms with Gasteiger partial charge in [0.25, 0.3) is 0 Å². The van der Waals surface area contributed by atoms with Crippen molar-refractivity contribution in [1.29, 1.82) is 0 Å². The SMILES string of the molecule is CN1CCC(NC(=O)N2CCOc3cc(O)ccc3C2)C1c1ccccc1. The van der Waals surface area contributed by atoms with Crippen LogP contribution in [-0.2, 0) is 6.54 Å². The van der Waals surface area contributed by atoms with E-state index < -0.39 is 0 Å². The van der Waals surface area contributed by atoms with Gasteiger partial charge in [-0.05, 0) is 31.2 Å². The first-order valence-electron chi connectivity index (χ1n) is 9.37. The molecule has 6 heteroatoms. The van der Waals surface area contributed by atoms with Crippen molar-refractivity contribution >= 4 is 6.03 Å². The minimum absolute atomic E-state index is 0.0687. The number of ether oxygens (including phenoxy) is 1. The van der Waals surface area contributed by atoms with E-state index in [9.17, 15) is 9.90 Å². The second kappa shape index (κ2) is 7.48. The minimum atomic E-state index is -0.0687. The van der Waals surface area contributed by atoms with Crippen LogP contribution in [0.15, 0.2) is 48.5 Å². The molecule has 4 rings (SSSR count). The normalized spacial score (nSPS) is 22.6. The number of carbonyl (C=O) groups excluding carboxylic acids is 1. The van der Waals surface area contributed by atoms with Crippen LogP contribution in [0.4, 0.5) is 4.79 Å². The molecule has 0 spiro atoms. The molecule has 0 saturated carbocycles. The third kappa shape index (κ3) is 3.71. The zero-order chi connectivity index (χ0) is 18.8. The maximum atomic E-state index is 13.0. The molecule has 2 aliphatic heterocycles. The molecule has 2 N–H and O–H groups in total. The Bertz CT molecular complexity index is 812. The molecule has 1 fully saturated rings. The Hall–Kier alpha value is -2.73. The van der Waals surface area contributed by atoms with Crippen molar-refractivity contribution in [3.63, 3.8) is 0 Å². The molecule has 2 amide bonds. The van der Waals surface area contributed by atoms with Crippen molar-refractivity contribution in [3.8, 4) is 11.5 Å². The van der Waals surface area contributed by atoms with Gasteiger partial charge in [0.15, 0.2) is 0 Å². The number of urea groups is 1. The number of rotatable bonds is 2. The fourth-order valence-electron chi connectivity index (χ4n) is 4.02. The molecule has 2 aliphatic rings. The van der Waals surface area contributed by atoms with Crippen molar-refractivity contribution in [2.45, 2.75) is 25.0 Å². The zero-order valence-electron chi connectivity index (χ0n) is 15.5. The molecular weight excluding hydrogens is 342 g/mol.